The van der Waals surface area contributed by atoms with Crippen LogP contribution in [0.5, 0.6) is 0 Å². The smallest absolute Gasteiger partial charge is 0.240 e. The van der Waals surface area contributed by atoms with Crippen LogP contribution < -0.4 is 10.0 Å². The first kappa shape index (κ1) is 18.9. The fourth-order valence-corrected chi connectivity index (χ4v) is 4.21. The van der Waals surface area contributed by atoms with E-state index in [4.69, 9.17) is 0 Å². The molecule has 134 valence electrons. The Kier molecular flexibility index (Phi) is 7.24. The second kappa shape index (κ2) is 9.18. The van der Waals surface area contributed by atoms with Crippen LogP contribution >= 0.6 is 0 Å². The lowest BCUT2D eigenvalue weighted by atomic mass is 9.81. The molecule has 0 bridgehead atoms. The fourth-order valence-electron chi connectivity index (χ4n) is 3.07. The molecule has 5 nitrogen and oxygen atoms in total. The van der Waals surface area contributed by atoms with Crippen molar-refractivity contribution in [3.8, 4) is 0 Å². The Labute approximate surface area is 145 Å². The molecule has 0 aromatic heterocycles. The molecule has 2 N–H and O–H groups in total. The molecule has 0 atom stereocenters. The molecule has 1 amide bonds. The molecule has 24 heavy (non-hydrogen) atoms. The average Bonchev–Trinajstić information content (AvgIpc) is 2.61. The van der Waals surface area contributed by atoms with Crippen LogP contribution in [0.1, 0.15) is 45.4 Å². The van der Waals surface area contributed by atoms with Gasteiger partial charge in [-0.1, -0.05) is 31.5 Å². The van der Waals surface area contributed by atoms with Crippen LogP contribution in [0.15, 0.2) is 35.2 Å². The van der Waals surface area contributed by atoms with Gasteiger partial charge in [-0.15, -0.1) is 0 Å². The highest BCUT2D eigenvalue weighted by atomic mass is 32.2. The van der Waals surface area contributed by atoms with E-state index in [2.05, 4.69) is 17.0 Å². The number of unbranched alkanes of at least 4 members (excludes halogenated alkanes) is 1. The number of hydrogen-bond donors (Lipinski definition) is 2. The van der Waals surface area contributed by atoms with Gasteiger partial charge in [-0.05, 0) is 50.2 Å². The van der Waals surface area contributed by atoms with E-state index in [0.717, 1.165) is 45.1 Å². The molecule has 2 rings (SSSR count). The van der Waals surface area contributed by atoms with E-state index in [0.29, 0.717) is 17.4 Å². The Hall–Kier alpha value is -1.40. The van der Waals surface area contributed by atoms with Gasteiger partial charge < -0.3 is 5.32 Å². The van der Waals surface area contributed by atoms with Crippen molar-refractivity contribution in [3.05, 3.63) is 30.3 Å². The predicted octanol–water partition coefficient (Wildman–Crippen LogP) is 2.69. The normalized spacial score (nSPS) is 21.4. The first-order chi connectivity index (χ1) is 11.5. The van der Waals surface area contributed by atoms with E-state index < -0.39 is 10.0 Å². The van der Waals surface area contributed by atoms with E-state index >= 15 is 0 Å². The van der Waals surface area contributed by atoms with Gasteiger partial charge in [0.2, 0.25) is 15.9 Å². The molecule has 1 aromatic carbocycles. The van der Waals surface area contributed by atoms with Gasteiger partial charge in [0.05, 0.1) is 4.90 Å². The second-order valence-electron chi connectivity index (χ2n) is 6.53. The van der Waals surface area contributed by atoms with E-state index in [-0.39, 0.29) is 11.8 Å². The molecular weight excluding hydrogens is 324 g/mol. The lowest BCUT2D eigenvalue weighted by Gasteiger charge is -2.27. The summed E-state index contributed by atoms with van der Waals surface area (Å²) in [6.07, 6.45) is 5.56. The molecule has 0 saturated heterocycles. The minimum absolute atomic E-state index is 0.0869. The van der Waals surface area contributed by atoms with Crippen LogP contribution in [0.25, 0.3) is 0 Å². The fraction of sp³-hybridized carbons (Fsp3) is 0.611. The number of nitrogens with one attached hydrogen (secondary N) is 2. The monoisotopic (exact) mass is 352 g/mol. The molecule has 0 heterocycles. The minimum Gasteiger partial charge on any atom is -0.356 e. The molecule has 0 spiro atoms. The number of sulfonamides is 1. The number of amides is 1. The maximum Gasteiger partial charge on any atom is 0.240 e. The van der Waals surface area contributed by atoms with Gasteiger partial charge in [-0.3, -0.25) is 4.79 Å². The number of carbonyl (C=O) groups is 1. The highest BCUT2D eigenvalue weighted by molar-refractivity contribution is 7.89. The van der Waals surface area contributed by atoms with E-state index in [1.807, 2.05) is 0 Å². The minimum atomic E-state index is -3.43. The maximum absolute atomic E-state index is 12.2. The van der Waals surface area contributed by atoms with Crippen molar-refractivity contribution in [1.29, 1.82) is 0 Å². The predicted molar refractivity (Wildman–Crippen MR) is 95.0 cm³/mol. The standard InChI is InChI=1S/C18H28N2O3S/c1-2-3-13-19-18(21)16-11-9-15(10-12-16)14-20-24(22,23)17-7-5-4-6-8-17/h4-8,15-16,20H,2-3,9-14H2,1H3,(H,19,21). The number of hydrogen-bond acceptors (Lipinski definition) is 3. The third-order valence-electron chi connectivity index (χ3n) is 4.66. The zero-order valence-corrected chi connectivity index (χ0v) is 15.1. The second-order valence-corrected chi connectivity index (χ2v) is 8.29. The van der Waals surface area contributed by atoms with E-state index in [9.17, 15) is 13.2 Å². The Morgan fingerprint density at radius 3 is 2.42 bits per heavy atom. The molecular formula is C18H28N2O3S. The van der Waals surface area contributed by atoms with Crippen molar-refractivity contribution >= 4 is 15.9 Å². The van der Waals surface area contributed by atoms with Crippen molar-refractivity contribution in [2.45, 2.75) is 50.3 Å². The molecule has 1 aromatic rings. The van der Waals surface area contributed by atoms with Crippen LogP contribution in [-0.2, 0) is 14.8 Å². The average molecular weight is 353 g/mol. The quantitative estimate of drug-likeness (QED) is 0.706. The summed E-state index contributed by atoms with van der Waals surface area (Å²) in [5.41, 5.74) is 0. The summed E-state index contributed by atoms with van der Waals surface area (Å²) in [6.45, 7) is 3.31. The summed E-state index contributed by atoms with van der Waals surface area (Å²) < 4.78 is 27.1. The Morgan fingerprint density at radius 1 is 1.12 bits per heavy atom. The summed E-state index contributed by atoms with van der Waals surface area (Å²) in [4.78, 5) is 12.4. The molecule has 0 radical (unpaired) electrons. The Balaban J connectivity index is 1.74. The first-order valence-corrected chi connectivity index (χ1v) is 10.3. The van der Waals surface area contributed by atoms with Gasteiger partial charge in [0.1, 0.15) is 0 Å². The van der Waals surface area contributed by atoms with Crippen LogP contribution in [0, 0.1) is 11.8 Å². The Bertz CT molecular complexity index is 608. The molecule has 1 saturated carbocycles. The topological polar surface area (TPSA) is 75.3 Å². The summed E-state index contributed by atoms with van der Waals surface area (Å²) >= 11 is 0. The van der Waals surface area contributed by atoms with E-state index in [1.54, 1.807) is 30.3 Å². The largest absolute Gasteiger partial charge is 0.356 e. The number of carbonyl (C=O) groups excluding carboxylic acids is 1. The van der Waals surface area contributed by atoms with Crippen molar-refractivity contribution in [1.82, 2.24) is 10.0 Å². The van der Waals surface area contributed by atoms with Crippen molar-refractivity contribution in [2.24, 2.45) is 11.8 Å². The Morgan fingerprint density at radius 2 is 1.79 bits per heavy atom. The van der Waals surface area contributed by atoms with Crippen LogP contribution in [0.2, 0.25) is 0 Å². The van der Waals surface area contributed by atoms with Gasteiger partial charge >= 0.3 is 0 Å². The zero-order chi connectivity index (χ0) is 17.4. The van der Waals surface area contributed by atoms with Crippen molar-refractivity contribution < 1.29 is 13.2 Å². The lowest BCUT2D eigenvalue weighted by molar-refractivity contribution is -0.126. The molecule has 0 aliphatic heterocycles. The molecule has 1 aliphatic carbocycles. The zero-order valence-electron chi connectivity index (χ0n) is 14.3. The van der Waals surface area contributed by atoms with Crippen LogP contribution in [0.3, 0.4) is 0 Å². The lowest BCUT2D eigenvalue weighted by Crippen LogP contribution is -2.36. The SMILES string of the molecule is CCCCNC(=O)C1CCC(CNS(=O)(=O)c2ccccc2)CC1. The summed E-state index contributed by atoms with van der Waals surface area (Å²) in [7, 11) is -3.43. The highest BCUT2D eigenvalue weighted by Crippen LogP contribution is 2.28. The summed E-state index contributed by atoms with van der Waals surface area (Å²) in [5, 5.41) is 3.00. The van der Waals surface area contributed by atoms with E-state index in [1.165, 1.54) is 0 Å². The molecule has 1 aliphatic rings. The van der Waals surface area contributed by atoms with Gasteiger partial charge in [0.25, 0.3) is 0 Å². The number of benzene rings is 1. The molecule has 0 unspecified atom stereocenters. The third-order valence-corrected chi connectivity index (χ3v) is 6.10. The highest BCUT2D eigenvalue weighted by Gasteiger charge is 2.27. The van der Waals surface area contributed by atoms with Gasteiger partial charge in [0, 0.05) is 19.0 Å². The first-order valence-electron chi connectivity index (χ1n) is 8.85. The van der Waals surface area contributed by atoms with Gasteiger partial charge in [0.15, 0.2) is 0 Å². The molecule has 6 heteroatoms. The van der Waals surface area contributed by atoms with Crippen molar-refractivity contribution in [3.63, 3.8) is 0 Å². The van der Waals surface area contributed by atoms with Gasteiger partial charge in [-0.2, -0.15) is 0 Å². The summed E-state index contributed by atoms with van der Waals surface area (Å²) in [5.74, 6) is 0.554. The van der Waals surface area contributed by atoms with Crippen LogP contribution in [0.4, 0.5) is 0 Å². The van der Waals surface area contributed by atoms with Gasteiger partial charge in [-0.25, -0.2) is 13.1 Å². The maximum atomic E-state index is 12.2. The van der Waals surface area contributed by atoms with Crippen molar-refractivity contribution in [2.75, 3.05) is 13.1 Å². The number of rotatable bonds is 8. The van der Waals surface area contributed by atoms with Crippen LogP contribution in [-0.4, -0.2) is 27.4 Å². The third kappa shape index (κ3) is 5.60. The molecule has 1 fully saturated rings. The summed E-state index contributed by atoms with van der Waals surface area (Å²) in [6, 6.07) is 8.43.